The molecule has 0 saturated carbocycles. The number of imidazole rings is 1. The summed E-state index contributed by atoms with van der Waals surface area (Å²) in [6, 6.07) is 3.80. The maximum absolute atomic E-state index is 10.4. The standard InChI is InChI=1S/C12H14N4O2/c1-16-8-10(9-3-2-5-13-7-9)15-11(16)4-6-14-12(17)18/h2-3,5,7-8,14H,4,6H2,1H3,(H,17,18). The predicted octanol–water partition coefficient (Wildman–Crippen LogP) is 1.29. The molecule has 2 N–H and O–H groups in total. The molecule has 6 nitrogen and oxygen atoms in total. The maximum Gasteiger partial charge on any atom is 0.404 e. The Labute approximate surface area is 104 Å². The van der Waals surface area contributed by atoms with Gasteiger partial charge in [0.25, 0.3) is 0 Å². The van der Waals surface area contributed by atoms with Crippen LogP contribution in [-0.2, 0) is 13.5 Å². The Morgan fingerprint density at radius 3 is 3.06 bits per heavy atom. The van der Waals surface area contributed by atoms with Crippen molar-refractivity contribution in [2.24, 2.45) is 7.05 Å². The minimum atomic E-state index is -1.02. The lowest BCUT2D eigenvalue weighted by Gasteiger charge is -2.00. The molecule has 0 bridgehead atoms. The van der Waals surface area contributed by atoms with E-state index in [0.29, 0.717) is 13.0 Å². The number of aryl methyl sites for hydroxylation is 1. The molecule has 18 heavy (non-hydrogen) atoms. The number of nitrogens with zero attached hydrogens (tertiary/aromatic N) is 3. The number of carbonyl (C=O) groups is 1. The van der Waals surface area contributed by atoms with Crippen LogP contribution in [0, 0.1) is 0 Å². The highest BCUT2D eigenvalue weighted by Crippen LogP contribution is 2.16. The van der Waals surface area contributed by atoms with Crippen molar-refractivity contribution in [3.8, 4) is 11.3 Å². The van der Waals surface area contributed by atoms with E-state index in [4.69, 9.17) is 5.11 Å². The van der Waals surface area contributed by atoms with Gasteiger partial charge in [-0.1, -0.05) is 0 Å². The summed E-state index contributed by atoms with van der Waals surface area (Å²) in [6.45, 7) is 0.354. The van der Waals surface area contributed by atoms with Gasteiger partial charge in [0.15, 0.2) is 0 Å². The smallest absolute Gasteiger partial charge is 0.404 e. The van der Waals surface area contributed by atoms with Crippen LogP contribution in [0.15, 0.2) is 30.7 Å². The number of hydrogen-bond donors (Lipinski definition) is 2. The second-order valence-electron chi connectivity index (χ2n) is 3.88. The zero-order chi connectivity index (χ0) is 13.0. The molecule has 0 aliphatic heterocycles. The number of amides is 1. The van der Waals surface area contributed by atoms with Crippen LogP contribution in [0.4, 0.5) is 4.79 Å². The van der Waals surface area contributed by atoms with E-state index in [1.807, 2.05) is 29.9 Å². The van der Waals surface area contributed by atoms with Gasteiger partial charge in [0, 0.05) is 44.2 Å². The molecule has 0 aromatic carbocycles. The van der Waals surface area contributed by atoms with Gasteiger partial charge in [-0.2, -0.15) is 0 Å². The van der Waals surface area contributed by atoms with Crippen molar-refractivity contribution in [1.82, 2.24) is 19.9 Å². The highest BCUT2D eigenvalue weighted by molar-refractivity contribution is 5.64. The molecule has 2 aromatic rings. The van der Waals surface area contributed by atoms with Crippen LogP contribution in [0.2, 0.25) is 0 Å². The van der Waals surface area contributed by atoms with Crippen LogP contribution in [-0.4, -0.2) is 32.3 Å². The molecule has 94 valence electrons. The van der Waals surface area contributed by atoms with E-state index in [2.05, 4.69) is 15.3 Å². The van der Waals surface area contributed by atoms with Crippen molar-refractivity contribution in [2.45, 2.75) is 6.42 Å². The molecule has 1 amide bonds. The van der Waals surface area contributed by atoms with Gasteiger partial charge in [0.1, 0.15) is 5.82 Å². The van der Waals surface area contributed by atoms with E-state index in [1.165, 1.54) is 0 Å². The van der Waals surface area contributed by atoms with Gasteiger partial charge in [-0.05, 0) is 12.1 Å². The summed E-state index contributed by atoms with van der Waals surface area (Å²) in [5.74, 6) is 0.836. The lowest BCUT2D eigenvalue weighted by atomic mass is 10.2. The van der Waals surface area contributed by atoms with Crippen molar-refractivity contribution in [1.29, 1.82) is 0 Å². The Balaban J connectivity index is 2.10. The molecule has 0 atom stereocenters. The van der Waals surface area contributed by atoms with Crippen molar-refractivity contribution >= 4 is 6.09 Å². The van der Waals surface area contributed by atoms with Crippen molar-refractivity contribution < 1.29 is 9.90 Å². The van der Waals surface area contributed by atoms with Gasteiger partial charge in [-0.3, -0.25) is 4.98 Å². The fraction of sp³-hybridized carbons (Fsp3) is 0.250. The van der Waals surface area contributed by atoms with E-state index in [1.54, 1.807) is 12.4 Å². The van der Waals surface area contributed by atoms with Gasteiger partial charge in [0.2, 0.25) is 0 Å². The Morgan fingerprint density at radius 2 is 2.39 bits per heavy atom. The van der Waals surface area contributed by atoms with Gasteiger partial charge in [0.05, 0.1) is 5.69 Å². The summed E-state index contributed by atoms with van der Waals surface area (Å²) in [6.07, 6.45) is 4.92. The molecule has 0 aliphatic rings. The van der Waals surface area contributed by atoms with Crippen molar-refractivity contribution in [3.05, 3.63) is 36.5 Å². The molecular weight excluding hydrogens is 232 g/mol. The second kappa shape index (κ2) is 5.31. The summed E-state index contributed by atoms with van der Waals surface area (Å²) in [5.41, 5.74) is 1.79. The maximum atomic E-state index is 10.4. The van der Waals surface area contributed by atoms with Gasteiger partial charge >= 0.3 is 6.09 Å². The predicted molar refractivity (Wildman–Crippen MR) is 66.2 cm³/mol. The summed E-state index contributed by atoms with van der Waals surface area (Å²) >= 11 is 0. The largest absolute Gasteiger partial charge is 0.465 e. The van der Waals surface area contributed by atoms with Gasteiger partial charge in [-0.15, -0.1) is 0 Å². The first-order chi connectivity index (χ1) is 8.66. The summed E-state index contributed by atoms with van der Waals surface area (Å²) in [7, 11) is 1.89. The van der Waals surface area contributed by atoms with Crippen LogP contribution in [0.5, 0.6) is 0 Å². The molecule has 0 aliphatic carbocycles. The minimum Gasteiger partial charge on any atom is -0.465 e. The summed E-state index contributed by atoms with van der Waals surface area (Å²) < 4.78 is 1.89. The molecule has 2 rings (SSSR count). The Kier molecular flexibility index (Phi) is 3.57. The zero-order valence-corrected chi connectivity index (χ0v) is 10.00. The first-order valence-electron chi connectivity index (χ1n) is 5.56. The van der Waals surface area contributed by atoms with Crippen LogP contribution in [0.25, 0.3) is 11.3 Å². The van der Waals surface area contributed by atoms with Crippen LogP contribution >= 0.6 is 0 Å². The van der Waals surface area contributed by atoms with Crippen molar-refractivity contribution in [3.63, 3.8) is 0 Å². The van der Waals surface area contributed by atoms with E-state index in [0.717, 1.165) is 17.1 Å². The number of rotatable bonds is 4. The number of carboxylic acid groups (broad SMARTS) is 1. The summed E-state index contributed by atoms with van der Waals surface area (Å²) in [4.78, 5) is 18.9. The molecule has 0 spiro atoms. The second-order valence-corrected chi connectivity index (χ2v) is 3.88. The quantitative estimate of drug-likeness (QED) is 0.852. The average Bonchev–Trinajstić information content (AvgIpc) is 2.72. The topological polar surface area (TPSA) is 80.0 Å². The molecule has 6 heteroatoms. The SMILES string of the molecule is Cn1cc(-c2cccnc2)nc1CCNC(=O)O. The zero-order valence-electron chi connectivity index (χ0n) is 10.00. The number of pyridine rings is 1. The number of nitrogens with one attached hydrogen (secondary N) is 1. The van der Waals surface area contributed by atoms with Crippen LogP contribution in [0.3, 0.4) is 0 Å². The lowest BCUT2D eigenvalue weighted by Crippen LogP contribution is -2.24. The number of aromatic nitrogens is 3. The van der Waals surface area contributed by atoms with Crippen molar-refractivity contribution in [2.75, 3.05) is 6.54 Å². The third-order valence-corrected chi connectivity index (χ3v) is 2.55. The highest BCUT2D eigenvalue weighted by Gasteiger charge is 2.07. The third-order valence-electron chi connectivity index (χ3n) is 2.55. The van der Waals surface area contributed by atoms with Gasteiger partial charge < -0.3 is 15.0 Å². The Hall–Kier alpha value is -2.37. The molecule has 0 radical (unpaired) electrons. The molecule has 0 saturated heterocycles. The fourth-order valence-corrected chi connectivity index (χ4v) is 1.67. The van der Waals surface area contributed by atoms with E-state index in [9.17, 15) is 4.79 Å². The van der Waals surface area contributed by atoms with Crippen LogP contribution in [0.1, 0.15) is 5.82 Å². The van der Waals surface area contributed by atoms with Crippen LogP contribution < -0.4 is 5.32 Å². The first-order valence-corrected chi connectivity index (χ1v) is 5.56. The molecule has 2 heterocycles. The average molecular weight is 246 g/mol. The van der Waals surface area contributed by atoms with E-state index < -0.39 is 6.09 Å². The highest BCUT2D eigenvalue weighted by atomic mass is 16.4. The third kappa shape index (κ3) is 2.85. The van der Waals surface area contributed by atoms with E-state index in [-0.39, 0.29) is 0 Å². The molecule has 0 fully saturated rings. The fourth-order valence-electron chi connectivity index (χ4n) is 1.67. The Morgan fingerprint density at radius 1 is 1.56 bits per heavy atom. The monoisotopic (exact) mass is 246 g/mol. The molecule has 0 unspecified atom stereocenters. The normalized spacial score (nSPS) is 10.3. The summed E-state index contributed by atoms with van der Waals surface area (Å²) in [5, 5.41) is 10.8. The molecule has 2 aromatic heterocycles. The van der Waals surface area contributed by atoms with E-state index >= 15 is 0 Å². The van der Waals surface area contributed by atoms with Gasteiger partial charge in [-0.25, -0.2) is 9.78 Å². The minimum absolute atomic E-state index is 0.354. The molecular formula is C12H14N4O2. The number of hydrogen-bond acceptors (Lipinski definition) is 3. The Bertz CT molecular complexity index is 536. The lowest BCUT2D eigenvalue weighted by molar-refractivity contribution is 0.194. The first kappa shape index (κ1) is 12.1.